The summed E-state index contributed by atoms with van der Waals surface area (Å²) in [5, 5.41) is 3.82. The molecule has 0 unspecified atom stereocenters. The third-order valence-electron chi connectivity index (χ3n) is 3.90. The molecular formula is C21H16F2N2O4S. The molecule has 0 atom stereocenters. The highest BCUT2D eigenvalue weighted by Gasteiger charge is 2.20. The minimum Gasteiger partial charge on any atom is -0.378 e. The highest BCUT2D eigenvalue weighted by molar-refractivity contribution is 7.87. The summed E-state index contributed by atoms with van der Waals surface area (Å²) in [4.78, 5) is 11.4. The molecule has 0 aliphatic heterocycles. The molecule has 0 radical (unpaired) electrons. The predicted octanol–water partition coefficient (Wildman–Crippen LogP) is 3.43. The van der Waals surface area contributed by atoms with E-state index in [1.54, 1.807) is 18.2 Å². The first-order chi connectivity index (χ1) is 14.3. The summed E-state index contributed by atoms with van der Waals surface area (Å²) in [6.45, 7) is 0. The second kappa shape index (κ2) is 9.27. The number of para-hydroxylation sites is 1. The first kappa shape index (κ1) is 21.1. The summed E-state index contributed by atoms with van der Waals surface area (Å²) in [5.41, 5.74) is 3.41. The SMILES string of the molecule is O=C(Cc1ccccc1)N/N=C/c1ccccc1OS(=O)(=O)c1ccc(F)c(F)c1. The average molecular weight is 430 g/mol. The van der Waals surface area contributed by atoms with Gasteiger partial charge in [0.05, 0.1) is 12.6 Å². The van der Waals surface area contributed by atoms with Gasteiger partial charge in [0.1, 0.15) is 4.90 Å². The summed E-state index contributed by atoms with van der Waals surface area (Å²) in [6, 6.07) is 17.2. The molecule has 0 saturated heterocycles. The molecule has 30 heavy (non-hydrogen) atoms. The topological polar surface area (TPSA) is 84.8 Å². The fraction of sp³-hybridized carbons (Fsp3) is 0.0476. The molecule has 3 aromatic rings. The van der Waals surface area contributed by atoms with Crippen molar-refractivity contribution in [3.63, 3.8) is 0 Å². The van der Waals surface area contributed by atoms with Crippen LogP contribution in [0.25, 0.3) is 0 Å². The molecule has 0 spiro atoms. The molecule has 9 heteroatoms. The van der Waals surface area contributed by atoms with E-state index < -0.39 is 26.6 Å². The van der Waals surface area contributed by atoms with Crippen LogP contribution in [0.1, 0.15) is 11.1 Å². The van der Waals surface area contributed by atoms with Gasteiger partial charge in [0.25, 0.3) is 0 Å². The molecule has 0 heterocycles. The van der Waals surface area contributed by atoms with Gasteiger partial charge in [-0.15, -0.1) is 0 Å². The summed E-state index contributed by atoms with van der Waals surface area (Å²) in [7, 11) is -4.41. The van der Waals surface area contributed by atoms with Gasteiger partial charge in [-0.2, -0.15) is 13.5 Å². The number of rotatable bonds is 7. The predicted molar refractivity (Wildman–Crippen MR) is 106 cm³/mol. The number of carbonyl (C=O) groups is 1. The van der Waals surface area contributed by atoms with Crippen LogP contribution < -0.4 is 9.61 Å². The Labute approximate surface area is 171 Å². The van der Waals surface area contributed by atoms with Crippen LogP contribution in [-0.4, -0.2) is 20.5 Å². The van der Waals surface area contributed by atoms with Gasteiger partial charge >= 0.3 is 10.1 Å². The first-order valence-electron chi connectivity index (χ1n) is 8.69. The van der Waals surface area contributed by atoms with E-state index in [1.807, 2.05) is 18.2 Å². The van der Waals surface area contributed by atoms with Crippen molar-refractivity contribution < 1.29 is 26.2 Å². The number of nitrogens with zero attached hydrogens (tertiary/aromatic N) is 1. The zero-order valence-electron chi connectivity index (χ0n) is 15.5. The van der Waals surface area contributed by atoms with Gasteiger partial charge in [-0.25, -0.2) is 14.2 Å². The standard InChI is InChI=1S/C21H16F2N2O4S/c22-18-11-10-17(13-19(18)23)30(27,28)29-20-9-5-4-8-16(20)14-24-25-21(26)12-15-6-2-1-3-7-15/h1-11,13-14H,12H2,(H,25,26)/b24-14+. The number of carbonyl (C=O) groups excluding carboxylic acids is 1. The molecule has 0 fully saturated rings. The van der Waals surface area contributed by atoms with Gasteiger partial charge < -0.3 is 4.18 Å². The van der Waals surface area contributed by atoms with Crippen molar-refractivity contribution in [3.05, 3.63) is 95.6 Å². The highest BCUT2D eigenvalue weighted by Crippen LogP contribution is 2.23. The van der Waals surface area contributed by atoms with Crippen LogP contribution >= 0.6 is 0 Å². The van der Waals surface area contributed by atoms with Crippen molar-refractivity contribution in [1.29, 1.82) is 0 Å². The molecule has 3 aromatic carbocycles. The number of amides is 1. The maximum atomic E-state index is 13.4. The Morgan fingerprint density at radius 3 is 2.40 bits per heavy atom. The second-order valence-electron chi connectivity index (χ2n) is 6.11. The minimum atomic E-state index is -4.41. The maximum absolute atomic E-state index is 13.4. The monoisotopic (exact) mass is 430 g/mol. The molecule has 3 rings (SSSR count). The smallest absolute Gasteiger partial charge is 0.339 e. The number of hydrogen-bond acceptors (Lipinski definition) is 5. The quantitative estimate of drug-likeness (QED) is 0.354. The van der Waals surface area contributed by atoms with Gasteiger partial charge in [-0.05, 0) is 35.9 Å². The largest absolute Gasteiger partial charge is 0.378 e. The van der Waals surface area contributed by atoms with Crippen molar-refractivity contribution in [3.8, 4) is 5.75 Å². The lowest BCUT2D eigenvalue weighted by molar-refractivity contribution is -0.120. The summed E-state index contributed by atoms with van der Waals surface area (Å²) in [6.07, 6.45) is 1.35. The highest BCUT2D eigenvalue weighted by atomic mass is 32.2. The van der Waals surface area contributed by atoms with Gasteiger partial charge in [0.15, 0.2) is 17.4 Å². The Hall–Kier alpha value is -3.59. The van der Waals surface area contributed by atoms with Crippen LogP contribution in [0, 0.1) is 11.6 Å². The van der Waals surface area contributed by atoms with Crippen LogP contribution in [0.15, 0.2) is 82.8 Å². The van der Waals surface area contributed by atoms with Gasteiger partial charge in [-0.1, -0.05) is 42.5 Å². The summed E-state index contributed by atoms with van der Waals surface area (Å²) >= 11 is 0. The molecule has 0 aromatic heterocycles. The number of halogens is 2. The third kappa shape index (κ3) is 5.48. The summed E-state index contributed by atoms with van der Waals surface area (Å²) in [5.74, 6) is -2.93. The normalized spacial score (nSPS) is 11.4. The molecular weight excluding hydrogens is 414 g/mol. The van der Waals surface area contributed by atoms with Gasteiger partial charge in [0, 0.05) is 5.56 Å². The van der Waals surface area contributed by atoms with E-state index in [-0.39, 0.29) is 23.6 Å². The van der Waals surface area contributed by atoms with Crippen LogP contribution in [-0.2, 0) is 21.3 Å². The Kier molecular flexibility index (Phi) is 6.53. The Balaban J connectivity index is 1.71. The van der Waals surface area contributed by atoms with E-state index in [9.17, 15) is 22.0 Å². The van der Waals surface area contributed by atoms with Crippen molar-refractivity contribution in [1.82, 2.24) is 5.43 Å². The third-order valence-corrected chi connectivity index (χ3v) is 5.13. The van der Waals surface area contributed by atoms with E-state index in [1.165, 1.54) is 24.4 Å². The lowest BCUT2D eigenvalue weighted by Crippen LogP contribution is -2.19. The van der Waals surface area contributed by atoms with Crippen LogP contribution in [0.4, 0.5) is 8.78 Å². The molecule has 1 amide bonds. The van der Waals surface area contributed by atoms with Crippen molar-refractivity contribution in [2.75, 3.05) is 0 Å². The van der Waals surface area contributed by atoms with Crippen molar-refractivity contribution >= 4 is 22.2 Å². The molecule has 0 saturated carbocycles. The second-order valence-corrected chi connectivity index (χ2v) is 7.65. The maximum Gasteiger partial charge on any atom is 0.339 e. The Bertz CT molecular complexity index is 1180. The number of hydrogen-bond donors (Lipinski definition) is 1. The fourth-order valence-electron chi connectivity index (χ4n) is 2.46. The van der Waals surface area contributed by atoms with E-state index in [2.05, 4.69) is 10.5 Å². The van der Waals surface area contributed by atoms with Gasteiger partial charge in [-0.3, -0.25) is 4.79 Å². The lowest BCUT2D eigenvalue weighted by atomic mass is 10.1. The first-order valence-corrected chi connectivity index (χ1v) is 10.1. The van der Waals surface area contributed by atoms with E-state index in [4.69, 9.17) is 4.18 Å². The Morgan fingerprint density at radius 2 is 1.67 bits per heavy atom. The number of hydrazone groups is 1. The minimum absolute atomic E-state index is 0.0942. The van der Waals surface area contributed by atoms with Crippen LogP contribution in [0.2, 0.25) is 0 Å². The Morgan fingerprint density at radius 1 is 0.967 bits per heavy atom. The van der Waals surface area contributed by atoms with Crippen LogP contribution in [0.5, 0.6) is 5.75 Å². The molecule has 154 valence electrons. The van der Waals surface area contributed by atoms with E-state index >= 15 is 0 Å². The number of benzene rings is 3. The van der Waals surface area contributed by atoms with Crippen LogP contribution in [0.3, 0.4) is 0 Å². The average Bonchev–Trinajstić information content (AvgIpc) is 2.72. The lowest BCUT2D eigenvalue weighted by Gasteiger charge is -2.09. The zero-order chi connectivity index (χ0) is 21.6. The van der Waals surface area contributed by atoms with E-state index in [0.717, 1.165) is 11.6 Å². The molecule has 6 nitrogen and oxygen atoms in total. The van der Waals surface area contributed by atoms with Crippen molar-refractivity contribution in [2.45, 2.75) is 11.3 Å². The molecule has 0 bridgehead atoms. The number of nitrogens with one attached hydrogen (secondary N) is 1. The van der Waals surface area contributed by atoms with Crippen molar-refractivity contribution in [2.24, 2.45) is 5.10 Å². The van der Waals surface area contributed by atoms with E-state index in [0.29, 0.717) is 12.1 Å². The molecule has 0 aliphatic carbocycles. The molecule has 0 aliphatic rings. The fourth-order valence-corrected chi connectivity index (χ4v) is 3.42. The van der Waals surface area contributed by atoms with Gasteiger partial charge in [0.2, 0.25) is 5.91 Å². The summed E-state index contributed by atoms with van der Waals surface area (Å²) < 4.78 is 56.2. The molecule has 1 N–H and O–H groups in total. The zero-order valence-corrected chi connectivity index (χ0v) is 16.3.